The Bertz CT molecular complexity index is 1210. The van der Waals surface area contributed by atoms with Gasteiger partial charge in [-0.3, -0.25) is 4.79 Å². The van der Waals surface area contributed by atoms with Gasteiger partial charge in [0.2, 0.25) is 5.95 Å². The van der Waals surface area contributed by atoms with Gasteiger partial charge in [0.1, 0.15) is 10.7 Å². The summed E-state index contributed by atoms with van der Waals surface area (Å²) in [6.07, 6.45) is 1.59. The van der Waals surface area contributed by atoms with Crippen molar-refractivity contribution in [3.8, 4) is 5.75 Å². The van der Waals surface area contributed by atoms with Crippen LogP contribution in [0.2, 0.25) is 0 Å². The van der Waals surface area contributed by atoms with Crippen molar-refractivity contribution in [2.45, 2.75) is 26.5 Å². The lowest BCUT2D eigenvalue weighted by atomic mass is 10.1. The minimum Gasteiger partial charge on any atom is -0.433 e. The van der Waals surface area contributed by atoms with Crippen LogP contribution in [0.3, 0.4) is 0 Å². The first-order chi connectivity index (χ1) is 16.7. The number of benzene rings is 1. The number of primary amides is 1. The maximum atomic E-state index is 13.2. The summed E-state index contributed by atoms with van der Waals surface area (Å²) in [7, 11) is 2.06. The number of anilines is 5. The lowest BCUT2D eigenvalue weighted by Gasteiger charge is -2.40. The number of carbonyl (C=O) groups excluding carboxylic acids is 1. The van der Waals surface area contributed by atoms with E-state index in [0.29, 0.717) is 22.1 Å². The van der Waals surface area contributed by atoms with Crippen molar-refractivity contribution in [2.75, 3.05) is 42.2 Å². The quantitative estimate of drug-likeness (QED) is 0.420. The van der Waals surface area contributed by atoms with E-state index in [1.54, 1.807) is 36.7 Å². The number of piperazine rings is 1. The number of rotatable bonds is 8. The Morgan fingerprint density at radius 1 is 1.26 bits per heavy atom. The van der Waals surface area contributed by atoms with Gasteiger partial charge in [0.25, 0.3) is 5.91 Å². The molecule has 1 aromatic carbocycles. The second-order valence-corrected chi connectivity index (χ2v) is 9.28. The number of ether oxygens (including phenoxy) is 1. The third-order valence-corrected chi connectivity index (χ3v) is 6.63. The number of nitrogens with zero attached hydrogens (tertiary/aromatic N) is 4. The van der Waals surface area contributed by atoms with Crippen molar-refractivity contribution in [2.24, 2.45) is 5.73 Å². The van der Waals surface area contributed by atoms with Gasteiger partial charge in [-0.1, -0.05) is 0 Å². The molecule has 1 atom stereocenters. The van der Waals surface area contributed by atoms with Crippen LogP contribution in [-0.4, -0.2) is 60.1 Å². The van der Waals surface area contributed by atoms with Gasteiger partial charge in [0.15, 0.2) is 5.75 Å². The third kappa shape index (κ3) is 5.77. The molecule has 1 fully saturated rings. The molecule has 4 rings (SSSR count). The van der Waals surface area contributed by atoms with Crippen molar-refractivity contribution >= 4 is 46.1 Å². The summed E-state index contributed by atoms with van der Waals surface area (Å²) in [6.45, 7) is 3.45. The molecule has 35 heavy (non-hydrogen) atoms. The molecular weight excluding hydrogens is 476 g/mol. The number of hydrogen-bond acceptors (Lipinski definition) is 9. The maximum Gasteiger partial charge on any atom is 0.387 e. The summed E-state index contributed by atoms with van der Waals surface area (Å²) >= 11 is 1.22. The lowest BCUT2D eigenvalue weighted by molar-refractivity contribution is -0.0493. The van der Waals surface area contributed by atoms with Gasteiger partial charge in [-0.25, -0.2) is 4.98 Å². The first kappa shape index (κ1) is 24.6. The zero-order chi connectivity index (χ0) is 25.1. The molecule has 1 aliphatic rings. The van der Waals surface area contributed by atoms with Crippen LogP contribution in [0.25, 0.3) is 0 Å². The summed E-state index contributed by atoms with van der Waals surface area (Å²) in [5, 5.41) is 7.81. The topological polar surface area (TPSA) is 109 Å². The summed E-state index contributed by atoms with van der Waals surface area (Å²) in [5.41, 5.74) is 7.78. The van der Waals surface area contributed by atoms with Crippen LogP contribution in [0, 0.1) is 6.92 Å². The van der Waals surface area contributed by atoms with E-state index >= 15 is 0 Å². The van der Waals surface area contributed by atoms with Crippen LogP contribution in [0.1, 0.15) is 22.2 Å². The van der Waals surface area contributed by atoms with Crippen molar-refractivity contribution in [3.63, 3.8) is 0 Å². The number of likely N-dealkylation sites (N-methyl/N-ethyl adjacent to an activating group) is 1. The highest BCUT2D eigenvalue weighted by atomic mass is 32.1. The number of aryl methyl sites for hydroxylation is 1. The Labute approximate surface area is 205 Å². The smallest absolute Gasteiger partial charge is 0.387 e. The van der Waals surface area contributed by atoms with E-state index in [2.05, 4.69) is 44.4 Å². The van der Waals surface area contributed by atoms with Gasteiger partial charge < -0.3 is 30.9 Å². The SMILES string of the molecule is Cc1cnc(Nc2ccc(N3CCN(C)C[C@@H]3C)cc2OC(F)F)nc1Nc1ccsc1C(N)=O. The zero-order valence-corrected chi connectivity index (χ0v) is 20.4. The summed E-state index contributed by atoms with van der Waals surface area (Å²) < 4.78 is 31.3. The van der Waals surface area contributed by atoms with Crippen LogP contribution in [0.15, 0.2) is 35.8 Å². The van der Waals surface area contributed by atoms with E-state index in [9.17, 15) is 13.6 Å². The fourth-order valence-corrected chi connectivity index (χ4v) is 4.69. The average molecular weight is 504 g/mol. The van der Waals surface area contributed by atoms with Gasteiger partial charge in [-0.2, -0.15) is 13.8 Å². The normalized spacial score (nSPS) is 16.4. The molecule has 0 spiro atoms. The zero-order valence-electron chi connectivity index (χ0n) is 19.6. The molecular formula is C23H27F2N7O2S. The van der Waals surface area contributed by atoms with E-state index < -0.39 is 12.5 Å². The van der Waals surface area contributed by atoms with Crippen molar-refractivity contribution < 1.29 is 18.3 Å². The van der Waals surface area contributed by atoms with Crippen molar-refractivity contribution in [1.82, 2.24) is 14.9 Å². The Morgan fingerprint density at radius 3 is 2.77 bits per heavy atom. The van der Waals surface area contributed by atoms with Crippen LogP contribution < -0.4 is 26.0 Å². The van der Waals surface area contributed by atoms with Crippen LogP contribution in [0.5, 0.6) is 5.75 Å². The Kier molecular flexibility index (Phi) is 7.31. The fourth-order valence-electron chi connectivity index (χ4n) is 3.99. The summed E-state index contributed by atoms with van der Waals surface area (Å²) in [4.78, 5) is 25.1. The number of aromatic nitrogens is 2. The second-order valence-electron chi connectivity index (χ2n) is 8.37. The van der Waals surface area contributed by atoms with Crippen LogP contribution in [-0.2, 0) is 0 Å². The van der Waals surface area contributed by atoms with E-state index in [1.807, 2.05) is 6.07 Å². The number of nitrogens with two attached hydrogens (primary N) is 1. The first-order valence-electron chi connectivity index (χ1n) is 11.0. The Hall–Kier alpha value is -3.51. The number of alkyl halides is 2. The summed E-state index contributed by atoms with van der Waals surface area (Å²) in [5.74, 6) is 0.0728. The van der Waals surface area contributed by atoms with E-state index in [0.717, 1.165) is 30.9 Å². The number of halogens is 2. The number of nitrogens with one attached hydrogen (secondary N) is 2. The van der Waals surface area contributed by atoms with Crippen LogP contribution in [0.4, 0.5) is 37.6 Å². The molecule has 4 N–H and O–H groups in total. The van der Waals surface area contributed by atoms with Crippen molar-refractivity contribution in [3.05, 3.63) is 46.3 Å². The first-order valence-corrected chi connectivity index (χ1v) is 11.9. The number of hydrogen-bond donors (Lipinski definition) is 3. The minimum absolute atomic E-state index is 0.00355. The molecule has 0 saturated carbocycles. The maximum absolute atomic E-state index is 13.2. The molecule has 1 aliphatic heterocycles. The third-order valence-electron chi connectivity index (χ3n) is 5.70. The molecule has 0 aliphatic carbocycles. The molecule has 12 heteroatoms. The molecule has 186 valence electrons. The Morgan fingerprint density at radius 2 is 2.06 bits per heavy atom. The predicted octanol–water partition coefficient (Wildman–Crippen LogP) is 4.17. The standard InChI is InChI=1S/C23H27F2N7O2S/c1-13-11-27-23(30-21(13)28-17-6-9-35-19(17)20(26)33)29-16-5-4-15(10-18(16)34-22(24)25)32-8-7-31(3)12-14(32)2/h4-6,9-11,14,22H,7-8,12H2,1-3H3,(H2,26,33)(H2,27,28,29,30)/t14-/m0/s1. The second kappa shape index (κ2) is 10.4. The molecule has 0 radical (unpaired) electrons. The van der Waals surface area contributed by atoms with Crippen LogP contribution >= 0.6 is 11.3 Å². The number of thiophene rings is 1. The Balaban J connectivity index is 1.60. The fraction of sp³-hybridized carbons (Fsp3) is 0.348. The van der Waals surface area contributed by atoms with Gasteiger partial charge in [0.05, 0.1) is 11.4 Å². The minimum atomic E-state index is -2.99. The van der Waals surface area contributed by atoms with Gasteiger partial charge in [-0.15, -0.1) is 11.3 Å². The number of carbonyl (C=O) groups is 1. The molecule has 0 bridgehead atoms. The largest absolute Gasteiger partial charge is 0.433 e. The van der Waals surface area contributed by atoms with Gasteiger partial charge in [0, 0.05) is 49.2 Å². The molecule has 2 aromatic heterocycles. The molecule has 3 aromatic rings. The van der Waals surface area contributed by atoms with Gasteiger partial charge >= 0.3 is 6.61 Å². The number of amides is 1. The summed E-state index contributed by atoms with van der Waals surface area (Å²) in [6, 6.07) is 7.10. The molecule has 9 nitrogen and oxygen atoms in total. The highest BCUT2D eigenvalue weighted by molar-refractivity contribution is 7.12. The van der Waals surface area contributed by atoms with E-state index in [1.165, 1.54) is 11.3 Å². The average Bonchev–Trinajstić information content (AvgIpc) is 3.25. The van der Waals surface area contributed by atoms with Crippen molar-refractivity contribution in [1.29, 1.82) is 0 Å². The highest BCUT2D eigenvalue weighted by Gasteiger charge is 2.23. The molecule has 1 saturated heterocycles. The van der Waals surface area contributed by atoms with E-state index in [-0.39, 0.29) is 17.7 Å². The lowest BCUT2D eigenvalue weighted by Crippen LogP contribution is -2.50. The monoisotopic (exact) mass is 503 g/mol. The van der Waals surface area contributed by atoms with E-state index in [4.69, 9.17) is 10.5 Å². The highest BCUT2D eigenvalue weighted by Crippen LogP contribution is 2.34. The predicted molar refractivity (Wildman–Crippen MR) is 134 cm³/mol. The molecule has 3 heterocycles. The molecule has 0 unspecified atom stereocenters. The molecule has 1 amide bonds. The van der Waals surface area contributed by atoms with Gasteiger partial charge in [-0.05, 0) is 44.5 Å².